The van der Waals surface area contributed by atoms with Crippen molar-refractivity contribution in [1.82, 2.24) is 0 Å². The molecule has 5 atom stereocenters. The van der Waals surface area contributed by atoms with E-state index in [-0.39, 0.29) is 23.3 Å². The summed E-state index contributed by atoms with van der Waals surface area (Å²) in [7, 11) is 1.64. The molecule has 0 heterocycles. The molecule has 4 heteroatoms. The molecule has 0 saturated heterocycles. The number of ether oxygens (including phenoxy) is 2. The molecular formula is C21H26O4. The quantitative estimate of drug-likeness (QED) is 0.759. The van der Waals surface area contributed by atoms with Gasteiger partial charge in [-0.15, -0.1) is 0 Å². The van der Waals surface area contributed by atoms with Crippen LogP contribution in [0.15, 0.2) is 18.2 Å². The van der Waals surface area contributed by atoms with E-state index in [1.807, 2.05) is 12.1 Å². The number of carbonyl (C=O) groups is 2. The van der Waals surface area contributed by atoms with E-state index in [1.165, 1.54) is 12.5 Å². The fourth-order valence-electron chi connectivity index (χ4n) is 5.86. The Hall–Kier alpha value is -1.84. The normalized spacial score (nSPS) is 36.2. The highest BCUT2D eigenvalue weighted by Gasteiger charge is 2.56. The van der Waals surface area contributed by atoms with Crippen molar-refractivity contribution in [2.45, 2.75) is 58.0 Å². The van der Waals surface area contributed by atoms with Crippen molar-refractivity contribution in [1.29, 1.82) is 0 Å². The average molecular weight is 342 g/mol. The predicted molar refractivity (Wildman–Crippen MR) is 93.8 cm³/mol. The summed E-state index contributed by atoms with van der Waals surface area (Å²) in [5.74, 6) is 2.05. The van der Waals surface area contributed by atoms with Crippen LogP contribution in [0.5, 0.6) is 5.75 Å². The molecule has 0 aliphatic heterocycles. The molecule has 2 fully saturated rings. The van der Waals surface area contributed by atoms with Crippen molar-refractivity contribution in [2.24, 2.45) is 17.3 Å². The van der Waals surface area contributed by atoms with Gasteiger partial charge >= 0.3 is 5.97 Å². The van der Waals surface area contributed by atoms with Gasteiger partial charge in [0.1, 0.15) is 11.9 Å². The van der Waals surface area contributed by atoms with E-state index >= 15 is 0 Å². The molecule has 4 nitrogen and oxygen atoms in total. The third-order valence-corrected chi connectivity index (χ3v) is 7.04. The average Bonchev–Trinajstić information content (AvgIpc) is 2.91. The molecule has 0 unspecified atom stereocenters. The summed E-state index contributed by atoms with van der Waals surface area (Å²) in [4.78, 5) is 24.3. The molecular weight excluding hydrogens is 316 g/mol. The minimum absolute atomic E-state index is 0.00307. The number of benzene rings is 1. The van der Waals surface area contributed by atoms with Crippen LogP contribution in [0.2, 0.25) is 0 Å². The van der Waals surface area contributed by atoms with Crippen LogP contribution in [-0.2, 0) is 9.53 Å². The van der Waals surface area contributed by atoms with Gasteiger partial charge in [0, 0.05) is 24.3 Å². The van der Waals surface area contributed by atoms with E-state index in [2.05, 4.69) is 13.0 Å². The van der Waals surface area contributed by atoms with Gasteiger partial charge in [-0.05, 0) is 61.1 Å². The number of hydrogen-bond donors (Lipinski definition) is 0. The smallest absolute Gasteiger partial charge is 0.302 e. The first kappa shape index (κ1) is 16.6. The summed E-state index contributed by atoms with van der Waals surface area (Å²) in [5, 5.41) is 0. The molecule has 3 aliphatic carbocycles. The molecule has 3 aliphatic rings. The summed E-state index contributed by atoms with van der Waals surface area (Å²) in [6.07, 6.45) is 4.70. The van der Waals surface area contributed by atoms with Gasteiger partial charge < -0.3 is 9.47 Å². The number of methoxy groups -OCH3 is 1. The second-order valence-electron chi connectivity index (χ2n) is 8.18. The van der Waals surface area contributed by atoms with Gasteiger partial charge in [0.05, 0.1) is 7.11 Å². The van der Waals surface area contributed by atoms with Gasteiger partial charge in [0.2, 0.25) is 0 Å². The Morgan fingerprint density at radius 1 is 1.24 bits per heavy atom. The van der Waals surface area contributed by atoms with Crippen molar-refractivity contribution in [3.63, 3.8) is 0 Å². The summed E-state index contributed by atoms with van der Waals surface area (Å²) in [5.41, 5.74) is 2.05. The molecule has 0 N–H and O–H groups in total. The minimum atomic E-state index is -0.189. The lowest BCUT2D eigenvalue weighted by Gasteiger charge is -2.50. The van der Waals surface area contributed by atoms with Gasteiger partial charge in [0.15, 0.2) is 5.78 Å². The Morgan fingerprint density at radius 2 is 2.04 bits per heavy atom. The highest BCUT2D eigenvalue weighted by atomic mass is 16.5. The lowest BCUT2D eigenvalue weighted by Crippen LogP contribution is -2.45. The van der Waals surface area contributed by atoms with Gasteiger partial charge in [0.25, 0.3) is 0 Å². The molecule has 1 aromatic rings. The maximum atomic E-state index is 12.8. The Balaban J connectivity index is 1.67. The van der Waals surface area contributed by atoms with E-state index in [4.69, 9.17) is 9.47 Å². The number of hydrogen-bond acceptors (Lipinski definition) is 4. The highest BCUT2D eigenvalue weighted by Crippen LogP contribution is 2.61. The Morgan fingerprint density at radius 3 is 2.76 bits per heavy atom. The maximum Gasteiger partial charge on any atom is 0.302 e. The van der Waals surface area contributed by atoms with Crippen LogP contribution in [0, 0.1) is 17.3 Å². The van der Waals surface area contributed by atoms with Crippen LogP contribution in [0.4, 0.5) is 0 Å². The van der Waals surface area contributed by atoms with Crippen LogP contribution in [-0.4, -0.2) is 25.0 Å². The first-order valence-electron chi connectivity index (χ1n) is 9.32. The van der Waals surface area contributed by atoms with Crippen LogP contribution in [0.1, 0.15) is 67.8 Å². The van der Waals surface area contributed by atoms with E-state index in [1.54, 1.807) is 7.11 Å². The van der Waals surface area contributed by atoms with Crippen LogP contribution in [0.3, 0.4) is 0 Å². The van der Waals surface area contributed by atoms with Gasteiger partial charge in [-0.1, -0.05) is 13.0 Å². The SMILES string of the molecule is COc1ccc2c(c1)C(=O)C[C@@H]1[C@@H]2CC[C@]2(C)[C@@H](OC(C)=O)CC[C@@H]12. The zero-order valence-electron chi connectivity index (χ0n) is 15.2. The third kappa shape index (κ3) is 2.49. The number of ketones is 1. The molecule has 0 amide bonds. The van der Waals surface area contributed by atoms with Gasteiger partial charge in [-0.2, -0.15) is 0 Å². The first-order chi connectivity index (χ1) is 11.9. The van der Waals surface area contributed by atoms with Crippen LogP contribution in [0.25, 0.3) is 0 Å². The number of esters is 1. The van der Waals surface area contributed by atoms with Crippen molar-refractivity contribution in [3.05, 3.63) is 29.3 Å². The van der Waals surface area contributed by atoms with E-state index in [0.717, 1.165) is 37.0 Å². The lowest BCUT2D eigenvalue weighted by atomic mass is 9.55. The Bertz CT molecular complexity index is 725. The molecule has 0 spiro atoms. The van der Waals surface area contributed by atoms with Crippen molar-refractivity contribution >= 4 is 11.8 Å². The summed E-state index contributed by atoms with van der Waals surface area (Å²) >= 11 is 0. The number of rotatable bonds is 2. The third-order valence-electron chi connectivity index (χ3n) is 7.04. The van der Waals surface area contributed by atoms with E-state index in [9.17, 15) is 9.59 Å². The Kier molecular flexibility index (Phi) is 3.89. The number of carbonyl (C=O) groups excluding carboxylic acids is 2. The molecule has 0 radical (unpaired) electrons. The van der Waals surface area contributed by atoms with Gasteiger partial charge in [-0.25, -0.2) is 0 Å². The maximum absolute atomic E-state index is 12.8. The summed E-state index contributed by atoms with van der Waals surface area (Å²) < 4.78 is 10.9. The zero-order valence-corrected chi connectivity index (χ0v) is 15.2. The van der Waals surface area contributed by atoms with E-state index < -0.39 is 0 Å². The standard InChI is InChI=1S/C21H26O4/c1-12(22)25-20-7-6-18-16-11-19(23)17-10-13(24-3)4-5-14(17)15(16)8-9-21(18,20)2/h4-5,10,15-16,18,20H,6-9,11H2,1-3H3/t15-,16-,18+,20+,21+/m1/s1. The fourth-order valence-corrected chi connectivity index (χ4v) is 5.86. The monoisotopic (exact) mass is 342 g/mol. The Labute approximate surface area is 148 Å². The van der Waals surface area contributed by atoms with Crippen molar-refractivity contribution in [2.75, 3.05) is 7.11 Å². The summed E-state index contributed by atoms with van der Waals surface area (Å²) in [6.45, 7) is 3.76. The highest BCUT2D eigenvalue weighted by molar-refractivity contribution is 5.99. The molecule has 0 aromatic heterocycles. The molecule has 134 valence electrons. The predicted octanol–water partition coefficient (Wildman–Crippen LogP) is 4.12. The molecule has 0 bridgehead atoms. The second-order valence-corrected chi connectivity index (χ2v) is 8.18. The largest absolute Gasteiger partial charge is 0.497 e. The van der Waals surface area contributed by atoms with Crippen molar-refractivity contribution < 1.29 is 19.1 Å². The van der Waals surface area contributed by atoms with Crippen LogP contribution < -0.4 is 4.74 Å². The van der Waals surface area contributed by atoms with E-state index in [0.29, 0.717) is 24.2 Å². The minimum Gasteiger partial charge on any atom is -0.497 e. The van der Waals surface area contributed by atoms with Crippen LogP contribution >= 0.6 is 0 Å². The molecule has 1 aromatic carbocycles. The number of Topliss-reactive ketones (excluding diaryl/α,β-unsaturated/α-hetero) is 1. The first-order valence-corrected chi connectivity index (χ1v) is 9.32. The van der Waals surface area contributed by atoms with Gasteiger partial charge in [-0.3, -0.25) is 9.59 Å². The molecule has 4 rings (SSSR count). The van der Waals surface area contributed by atoms with Crippen molar-refractivity contribution in [3.8, 4) is 5.75 Å². The summed E-state index contributed by atoms with van der Waals surface area (Å²) in [6, 6.07) is 5.96. The second kappa shape index (κ2) is 5.86. The zero-order chi connectivity index (χ0) is 17.8. The fraction of sp³-hybridized carbons (Fsp3) is 0.619. The lowest BCUT2D eigenvalue weighted by molar-refractivity contribution is -0.154. The molecule has 2 saturated carbocycles. The molecule has 25 heavy (non-hydrogen) atoms. The number of fused-ring (bicyclic) bond motifs is 5. The topological polar surface area (TPSA) is 52.6 Å².